The minimum Gasteiger partial charge on any atom is -0.346 e. The average molecular weight is 443 g/mol. The number of rotatable bonds is 4. The first-order valence-corrected chi connectivity index (χ1v) is 12.7. The van der Waals surface area contributed by atoms with E-state index in [1.165, 1.54) is 0 Å². The summed E-state index contributed by atoms with van der Waals surface area (Å²) in [6, 6.07) is 3.90. The highest BCUT2D eigenvalue weighted by atomic mass is 32.2. The van der Waals surface area contributed by atoms with E-state index in [4.69, 9.17) is 0 Å². The summed E-state index contributed by atoms with van der Waals surface area (Å²) in [6.07, 6.45) is 7.33. The number of H-pyrrole nitrogens is 1. The van der Waals surface area contributed by atoms with Crippen molar-refractivity contribution in [2.45, 2.75) is 32.1 Å². The van der Waals surface area contributed by atoms with Gasteiger partial charge in [0, 0.05) is 36.5 Å². The number of nitrogens with one attached hydrogen (secondary N) is 2. The van der Waals surface area contributed by atoms with Crippen LogP contribution in [-0.2, 0) is 19.4 Å². The van der Waals surface area contributed by atoms with Gasteiger partial charge in [-0.15, -0.1) is 0 Å². The number of sulfone groups is 1. The number of hydrogen-bond acceptors (Lipinski definition) is 5. The van der Waals surface area contributed by atoms with Crippen LogP contribution in [0.5, 0.6) is 0 Å². The van der Waals surface area contributed by atoms with E-state index in [0.717, 1.165) is 35.0 Å². The quantitative estimate of drug-likeness (QED) is 0.755. The number of anilines is 1. The lowest BCUT2D eigenvalue weighted by molar-refractivity contribution is -0.135. The molecule has 1 saturated heterocycles. The third-order valence-corrected chi connectivity index (χ3v) is 8.21. The standard InChI is InChI=1S/C22H26N4O4S/c27-21(15-1-2-15)25-19-13-18(17-3-8-23-20(17)24-19)14-4-9-26(10-5-14)22(28)16-6-11-31(29,30)12-7-16/h3-4,8,13,15-16H,1-2,5-7,9-12H2,(H2,23,24,25,27). The van der Waals surface area contributed by atoms with Crippen molar-refractivity contribution in [2.75, 3.05) is 29.9 Å². The highest BCUT2D eigenvalue weighted by Gasteiger charge is 2.32. The normalized spacial score (nSPS) is 21.7. The van der Waals surface area contributed by atoms with Gasteiger partial charge in [0.25, 0.3) is 0 Å². The molecule has 4 heterocycles. The Kier molecular flexibility index (Phi) is 5.08. The largest absolute Gasteiger partial charge is 0.346 e. The predicted octanol–water partition coefficient (Wildman–Crippen LogP) is 2.35. The monoisotopic (exact) mass is 442 g/mol. The number of amides is 2. The SMILES string of the molecule is O=C(Nc1cc(C2=CCN(C(=O)C3CCS(=O)(=O)CC3)CC2)c2cc[nH]c2n1)C1CC1. The van der Waals surface area contributed by atoms with Crippen molar-refractivity contribution >= 4 is 44.1 Å². The van der Waals surface area contributed by atoms with Crippen LogP contribution in [0.4, 0.5) is 5.82 Å². The second kappa shape index (κ2) is 7.78. The summed E-state index contributed by atoms with van der Waals surface area (Å²) in [5.74, 6) is 0.752. The highest BCUT2D eigenvalue weighted by molar-refractivity contribution is 7.91. The molecular formula is C22H26N4O4S. The molecule has 2 aromatic heterocycles. The van der Waals surface area contributed by atoms with Crippen LogP contribution in [0.3, 0.4) is 0 Å². The van der Waals surface area contributed by atoms with Gasteiger partial charge in [-0.25, -0.2) is 13.4 Å². The van der Waals surface area contributed by atoms with Crippen LogP contribution in [0.2, 0.25) is 0 Å². The molecule has 0 unspecified atom stereocenters. The van der Waals surface area contributed by atoms with Crippen LogP contribution in [0.1, 0.15) is 37.7 Å². The Morgan fingerprint density at radius 1 is 1.13 bits per heavy atom. The molecule has 1 aliphatic carbocycles. The minimum atomic E-state index is -2.98. The van der Waals surface area contributed by atoms with Crippen molar-refractivity contribution in [3.63, 3.8) is 0 Å². The Labute approximate surface area is 181 Å². The number of nitrogens with zero attached hydrogens (tertiary/aromatic N) is 2. The summed E-state index contributed by atoms with van der Waals surface area (Å²) in [4.78, 5) is 34.5. The Morgan fingerprint density at radius 2 is 1.90 bits per heavy atom. The summed E-state index contributed by atoms with van der Waals surface area (Å²) in [7, 11) is -2.98. The smallest absolute Gasteiger partial charge is 0.228 e. The number of carbonyl (C=O) groups is 2. The molecule has 8 nitrogen and oxygen atoms in total. The highest BCUT2D eigenvalue weighted by Crippen LogP contribution is 2.33. The molecule has 0 bridgehead atoms. The first kappa shape index (κ1) is 20.2. The summed E-state index contributed by atoms with van der Waals surface area (Å²) >= 11 is 0. The van der Waals surface area contributed by atoms with Crippen LogP contribution in [0.25, 0.3) is 16.6 Å². The van der Waals surface area contributed by atoms with Gasteiger partial charge in [0.2, 0.25) is 11.8 Å². The van der Waals surface area contributed by atoms with Gasteiger partial charge in [0.05, 0.1) is 11.5 Å². The average Bonchev–Trinajstić information content (AvgIpc) is 3.51. The molecule has 31 heavy (non-hydrogen) atoms. The number of pyridine rings is 1. The molecule has 5 rings (SSSR count). The first-order valence-electron chi connectivity index (χ1n) is 10.9. The van der Waals surface area contributed by atoms with Crippen LogP contribution in [0.15, 0.2) is 24.4 Å². The fraction of sp³-hybridized carbons (Fsp3) is 0.500. The zero-order valence-electron chi connectivity index (χ0n) is 17.3. The molecule has 2 amide bonds. The second-order valence-corrected chi connectivity index (χ2v) is 11.1. The predicted molar refractivity (Wildman–Crippen MR) is 118 cm³/mol. The van der Waals surface area contributed by atoms with Crippen LogP contribution < -0.4 is 5.32 Å². The lowest BCUT2D eigenvalue weighted by atomic mass is 9.95. The molecule has 1 saturated carbocycles. The molecule has 9 heteroatoms. The molecule has 164 valence electrons. The number of aromatic amines is 1. The van der Waals surface area contributed by atoms with Crippen molar-refractivity contribution in [2.24, 2.45) is 11.8 Å². The zero-order valence-corrected chi connectivity index (χ0v) is 18.1. The van der Waals surface area contributed by atoms with Gasteiger partial charge < -0.3 is 15.2 Å². The fourth-order valence-electron chi connectivity index (χ4n) is 4.45. The Hall–Kier alpha value is -2.68. The number of hydrogen-bond donors (Lipinski definition) is 2. The zero-order chi connectivity index (χ0) is 21.6. The second-order valence-electron chi connectivity index (χ2n) is 8.75. The molecule has 0 spiro atoms. The summed E-state index contributed by atoms with van der Waals surface area (Å²) in [6.45, 7) is 1.11. The molecule has 2 aliphatic heterocycles. The maximum Gasteiger partial charge on any atom is 0.228 e. The van der Waals surface area contributed by atoms with Gasteiger partial charge in [-0.05, 0) is 55.4 Å². The molecule has 0 atom stereocenters. The van der Waals surface area contributed by atoms with E-state index in [1.807, 2.05) is 23.2 Å². The van der Waals surface area contributed by atoms with Gasteiger partial charge in [-0.3, -0.25) is 9.59 Å². The molecule has 2 aromatic rings. The topological polar surface area (TPSA) is 112 Å². The van der Waals surface area contributed by atoms with E-state index < -0.39 is 9.84 Å². The molecule has 0 radical (unpaired) electrons. The molecule has 2 N–H and O–H groups in total. The lowest BCUT2D eigenvalue weighted by Crippen LogP contribution is -2.41. The van der Waals surface area contributed by atoms with Crippen LogP contribution >= 0.6 is 0 Å². The van der Waals surface area contributed by atoms with Crippen molar-refractivity contribution in [3.8, 4) is 0 Å². The Morgan fingerprint density at radius 3 is 2.58 bits per heavy atom. The van der Waals surface area contributed by atoms with E-state index in [9.17, 15) is 18.0 Å². The third kappa shape index (κ3) is 4.23. The van der Waals surface area contributed by atoms with Gasteiger partial charge in [0.15, 0.2) is 0 Å². The third-order valence-electron chi connectivity index (χ3n) is 6.50. The molecule has 2 fully saturated rings. The van der Waals surface area contributed by atoms with E-state index in [2.05, 4.69) is 21.4 Å². The van der Waals surface area contributed by atoms with Crippen LogP contribution in [-0.4, -0.2) is 59.7 Å². The minimum absolute atomic E-state index is 0.0215. The fourth-order valence-corrected chi connectivity index (χ4v) is 5.94. The van der Waals surface area contributed by atoms with Crippen molar-refractivity contribution in [1.29, 1.82) is 0 Å². The maximum atomic E-state index is 12.9. The number of aromatic nitrogens is 2. The van der Waals surface area contributed by atoms with E-state index in [-0.39, 0.29) is 35.2 Å². The van der Waals surface area contributed by atoms with Crippen LogP contribution in [0, 0.1) is 11.8 Å². The summed E-state index contributed by atoms with van der Waals surface area (Å²) in [5.41, 5.74) is 2.88. The summed E-state index contributed by atoms with van der Waals surface area (Å²) in [5, 5.41) is 3.92. The van der Waals surface area contributed by atoms with E-state index >= 15 is 0 Å². The lowest BCUT2D eigenvalue weighted by Gasteiger charge is -2.31. The first-order chi connectivity index (χ1) is 14.9. The number of carbonyl (C=O) groups excluding carboxylic acids is 2. The molecule has 3 aliphatic rings. The van der Waals surface area contributed by atoms with Crippen molar-refractivity contribution in [3.05, 3.63) is 30.0 Å². The number of fused-ring (bicyclic) bond motifs is 1. The molecular weight excluding hydrogens is 416 g/mol. The Balaban J connectivity index is 1.33. The van der Waals surface area contributed by atoms with Crippen molar-refractivity contribution < 1.29 is 18.0 Å². The summed E-state index contributed by atoms with van der Waals surface area (Å²) < 4.78 is 23.3. The van der Waals surface area contributed by atoms with Gasteiger partial charge in [-0.2, -0.15) is 0 Å². The maximum absolute atomic E-state index is 12.9. The molecule has 0 aromatic carbocycles. The Bertz CT molecular complexity index is 1170. The van der Waals surface area contributed by atoms with Gasteiger partial charge in [-0.1, -0.05) is 6.08 Å². The van der Waals surface area contributed by atoms with Gasteiger partial charge >= 0.3 is 0 Å². The van der Waals surface area contributed by atoms with Gasteiger partial charge in [0.1, 0.15) is 21.3 Å². The van der Waals surface area contributed by atoms with E-state index in [1.54, 1.807) is 0 Å². The van der Waals surface area contributed by atoms with Crippen molar-refractivity contribution in [1.82, 2.24) is 14.9 Å². The van der Waals surface area contributed by atoms with E-state index in [0.29, 0.717) is 38.2 Å².